The molecule has 0 N–H and O–H groups in total. The number of fused-ring (bicyclic) bond motifs is 8. The molecule has 9 rings (SSSR count). The predicted molar refractivity (Wildman–Crippen MR) is 204 cm³/mol. The molecule has 2 spiro atoms. The fourth-order valence-corrected chi connectivity index (χ4v) is 12.3. The normalized spacial score (nSPS) is 17.0. The highest BCUT2D eigenvalue weighted by Gasteiger charge is 2.48. The van der Waals surface area contributed by atoms with Crippen LogP contribution in [-0.4, -0.2) is 9.97 Å². The summed E-state index contributed by atoms with van der Waals surface area (Å²) in [5.74, 6) is 1.69. The Morgan fingerprint density at radius 1 is 0.577 bits per heavy atom. The highest BCUT2D eigenvalue weighted by molar-refractivity contribution is 7.24. The molecule has 0 amide bonds. The van der Waals surface area contributed by atoms with E-state index in [-0.39, 0.29) is 11.1 Å². The highest BCUT2D eigenvalue weighted by Crippen LogP contribution is 2.60. The van der Waals surface area contributed by atoms with Crippen LogP contribution in [-0.2, 0) is 11.2 Å². The summed E-state index contributed by atoms with van der Waals surface area (Å²) < 4.78 is 14.3. The van der Waals surface area contributed by atoms with E-state index in [4.69, 9.17) is 19.4 Å². The van der Waals surface area contributed by atoms with E-state index in [0.29, 0.717) is 0 Å². The van der Waals surface area contributed by atoms with Gasteiger partial charge in [-0.1, -0.05) is 12.8 Å². The smallest absolute Gasteiger partial charge is 0.152 e. The van der Waals surface area contributed by atoms with Gasteiger partial charge in [0, 0.05) is 20.9 Å². The van der Waals surface area contributed by atoms with Crippen molar-refractivity contribution in [1.29, 1.82) is 21.0 Å². The SMILES string of the molecule is N#CC(C#N)=Cc1ccc(-c2nc3c(s2)-c2cc4c(cc2OC32CCCCC2)-c2sc(-c3ccc(C=C(C#N)C#N)s3)nc2C2(CCCCC2)O4)s1. The van der Waals surface area contributed by atoms with Gasteiger partial charge in [0.1, 0.15) is 68.3 Å². The summed E-state index contributed by atoms with van der Waals surface area (Å²) in [6.07, 6.45) is 13.5. The van der Waals surface area contributed by atoms with Crippen molar-refractivity contribution >= 4 is 57.5 Å². The van der Waals surface area contributed by atoms with Crippen LogP contribution in [0.25, 0.3) is 52.8 Å². The van der Waals surface area contributed by atoms with Crippen molar-refractivity contribution in [2.24, 2.45) is 0 Å². The second-order valence-electron chi connectivity index (χ2n) is 13.5. The minimum absolute atomic E-state index is 0.0779. The summed E-state index contributed by atoms with van der Waals surface area (Å²) in [6.45, 7) is 0. The van der Waals surface area contributed by atoms with Crippen LogP contribution < -0.4 is 9.47 Å². The van der Waals surface area contributed by atoms with Crippen LogP contribution in [0.2, 0.25) is 0 Å². The molecular weight excluding hydrogens is 725 g/mol. The fraction of sp³-hybridized carbons (Fsp3) is 0.300. The van der Waals surface area contributed by atoms with Gasteiger partial charge in [0.2, 0.25) is 0 Å². The Bertz CT molecular complexity index is 2300. The molecule has 0 radical (unpaired) electrons. The lowest BCUT2D eigenvalue weighted by Crippen LogP contribution is -2.39. The van der Waals surface area contributed by atoms with Crippen molar-refractivity contribution < 1.29 is 9.47 Å². The molecule has 2 saturated carbocycles. The Labute approximate surface area is 316 Å². The lowest BCUT2D eigenvalue weighted by Gasteiger charge is -2.43. The zero-order chi connectivity index (χ0) is 35.5. The Morgan fingerprint density at radius 3 is 1.37 bits per heavy atom. The number of hydrogen-bond acceptors (Lipinski definition) is 12. The number of allylic oxidation sites excluding steroid dienone is 2. The minimum atomic E-state index is -0.507. The Balaban J connectivity index is 1.17. The summed E-state index contributed by atoms with van der Waals surface area (Å²) in [6, 6.07) is 20.1. The molecule has 254 valence electrons. The average molecular weight is 753 g/mol. The average Bonchev–Trinajstić information content (AvgIpc) is 4.00. The predicted octanol–water partition coefficient (Wildman–Crippen LogP) is 11.4. The van der Waals surface area contributed by atoms with E-state index < -0.39 is 11.2 Å². The van der Waals surface area contributed by atoms with Gasteiger partial charge in [-0.15, -0.1) is 45.3 Å². The van der Waals surface area contributed by atoms with Crippen molar-refractivity contribution in [2.45, 2.75) is 75.4 Å². The first-order chi connectivity index (χ1) is 25.4. The van der Waals surface area contributed by atoms with Crippen molar-refractivity contribution in [3.8, 4) is 76.4 Å². The zero-order valence-corrected chi connectivity index (χ0v) is 31.1. The molecule has 6 heterocycles. The number of aromatic nitrogens is 2. The van der Waals surface area contributed by atoms with Crippen LogP contribution in [0, 0.1) is 45.3 Å². The number of thiophene rings is 2. The van der Waals surface area contributed by atoms with Gasteiger partial charge in [-0.25, -0.2) is 9.97 Å². The van der Waals surface area contributed by atoms with Crippen molar-refractivity contribution in [1.82, 2.24) is 9.97 Å². The Kier molecular flexibility index (Phi) is 8.11. The molecule has 0 saturated heterocycles. The maximum Gasteiger partial charge on any atom is 0.152 e. The first kappa shape index (κ1) is 32.8. The van der Waals surface area contributed by atoms with Gasteiger partial charge < -0.3 is 9.47 Å². The van der Waals surface area contributed by atoms with Gasteiger partial charge in [-0.2, -0.15) is 21.0 Å². The summed E-state index contributed by atoms with van der Waals surface area (Å²) in [5.41, 5.74) is 3.15. The third-order valence-corrected chi connectivity index (χ3v) is 14.9. The standard InChI is InChI=1S/C40H28N6O2S4/c41-19-23(20-42)15-25-7-9-31(49-25)37-45-35-33(51-37)27-18-30-28(17-29(27)47-39(35)11-3-1-4-12-39)34-36(40(48-30)13-5-2-6-14-40)46-38(52-34)32-10-8-26(50-32)16-24(21-43)22-44/h7-10,15-18H,1-6,11-14H2. The first-order valence-electron chi connectivity index (χ1n) is 17.3. The van der Waals surface area contributed by atoms with Crippen molar-refractivity contribution in [3.05, 3.63) is 68.7 Å². The van der Waals surface area contributed by atoms with Crippen LogP contribution in [0.15, 0.2) is 47.5 Å². The first-order valence-corrected chi connectivity index (χ1v) is 20.5. The third-order valence-electron chi connectivity index (χ3n) is 10.4. The van der Waals surface area contributed by atoms with E-state index in [2.05, 4.69) is 12.1 Å². The molecule has 0 atom stereocenters. The van der Waals surface area contributed by atoms with Gasteiger partial charge in [-0.05, 0) is 99.9 Å². The number of nitrogens with zero attached hydrogens (tertiary/aromatic N) is 6. The van der Waals surface area contributed by atoms with E-state index in [1.54, 1.807) is 34.8 Å². The molecule has 8 nitrogen and oxygen atoms in total. The maximum absolute atomic E-state index is 9.28. The van der Waals surface area contributed by atoms with Gasteiger partial charge in [0.05, 0.1) is 19.5 Å². The van der Waals surface area contributed by atoms with Crippen LogP contribution in [0.5, 0.6) is 11.5 Å². The largest absolute Gasteiger partial charge is 0.480 e. The van der Waals surface area contributed by atoms with Crippen LogP contribution >= 0.6 is 45.3 Å². The molecule has 0 unspecified atom stereocenters. The van der Waals surface area contributed by atoms with Crippen LogP contribution in [0.4, 0.5) is 0 Å². The molecule has 5 aromatic rings. The van der Waals surface area contributed by atoms with Gasteiger partial charge in [-0.3, -0.25) is 0 Å². The van der Waals surface area contributed by atoms with Crippen molar-refractivity contribution in [3.63, 3.8) is 0 Å². The minimum Gasteiger partial charge on any atom is -0.480 e. The molecule has 1 aromatic carbocycles. The molecule has 0 bridgehead atoms. The van der Waals surface area contributed by atoms with Gasteiger partial charge in [0.25, 0.3) is 0 Å². The maximum atomic E-state index is 9.28. The Hall–Kier alpha value is -5.08. The Morgan fingerprint density at radius 2 is 0.981 bits per heavy atom. The van der Waals surface area contributed by atoms with Crippen LogP contribution in [0.3, 0.4) is 0 Å². The molecule has 2 aliphatic heterocycles. The van der Waals surface area contributed by atoms with Crippen LogP contribution in [0.1, 0.15) is 85.4 Å². The molecule has 12 heteroatoms. The number of benzene rings is 1. The fourth-order valence-electron chi connectivity index (χ4n) is 7.91. The molecule has 2 fully saturated rings. The van der Waals surface area contributed by atoms with Crippen molar-refractivity contribution in [2.75, 3.05) is 0 Å². The number of rotatable bonds is 4. The summed E-state index contributed by atoms with van der Waals surface area (Å²) in [5, 5.41) is 38.9. The summed E-state index contributed by atoms with van der Waals surface area (Å²) in [7, 11) is 0. The zero-order valence-electron chi connectivity index (χ0n) is 27.8. The number of nitriles is 4. The van der Waals surface area contributed by atoms with E-state index in [9.17, 15) is 21.0 Å². The van der Waals surface area contributed by atoms with E-state index in [1.165, 1.54) is 35.5 Å². The number of thiazole rings is 2. The number of ether oxygens (including phenoxy) is 2. The molecule has 4 aliphatic rings. The molecule has 2 aliphatic carbocycles. The van der Waals surface area contributed by atoms with E-state index in [0.717, 1.165) is 125 Å². The molecular formula is C40H28N6O2S4. The molecule has 4 aromatic heterocycles. The summed E-state index contributed by atoms with van der Waals surface area (Å²) in [4.78, 5) is 16.5. The second-order valence-corrected chi connectivity index (χ2v) is 17.7. The van der Waals surface area contributed by atoms with Gasteiger partial charge >= 0.3 is 0 Å². The lowest BCUT2D eigenvalue weighted by atomic mass is 9.78. The third kappa shape index (κ3) is 5.38. The quantitative estimate of drug-likeness (QED) is 0.165. The second kappa shape index (κ2) is 12.8. The highest BCUT2D eigenvalue weighted by atomic mass is 32.1. The summed E-state index contributed by atoms with van der Waals surface area (Å²) >= 11 is 6.41. The van der Waals surface area contributed by atoms with E-state index >= 15 is 0 Å². The number of hydrogen-bond donors (Lipinski definition) is 0. The van der Waals surface area contributed by atoms with E-state index in [1.807, 2.05) is 48.5 Å². The van der Waals surface area contributed by atoms with Gasteiger partial charge in [0.15, 0.2) is 11.2 Å². The lowest BCUT2D eigenvalue weighted by molar-refractivity contribution is 0.0164. The monoisotopic (exact) mass is 752 g/mol. The topological polar surface area (TPSA) is 139 Å². The molecule has 52 heavy (non-hydrogen) atoms.